The molecule has 0 saturated heterocycles. The molecule has 0 aliphatic heterocycles. The van der Waals surface area contributed by atoms with Crippen LogP contribution in [0.2, 0.25) is 0 Å². The SMILES string of the molecule is CC#Cc1cc2c(s1)-c1sc(C)cc1C2=O. The Morgan fingerprint density at radius 3 is 2.56 bits per heavy atom. The first kappa shape index (κ1) is 9.83. The van der Waals surface area contributed by atoms with Crippen molar-refractivity contribution in [3.05, 3.63) is 33.0 Å². The Labute approximate surface area is 102 Å². The minimum atomic E-state index is 0.162. The Hall–Kier alpha value is -1.37. The van der Waals surface area contributed by atoms with Crippen LogP contribution in [0.3, 0.4) is 0 Å². The summed E-state index contributed by atoms with van der Waals surface area (Å²) in [5, 5.41) is 0. The number of rotatable bonds is 0. The van der Waals surface area contributed by atoms with Gasteiger partial charge < -0.3 is 0 Å². The molecule has 3 heteroatoms. The minimum Gasteiger partial charge on any atom is -0.288 e. The first-order valence-electron chi connectivity index (χ1n) is 4.93. The average molecular weight is 244 g/mol. The van der Waals surface area contributed by atoms with Crippen molar-refractivity contribution in [3.8, 4) is 21.6 Å². The van der Waals surface area contributed by atoms with E-state index in [1.54, 1.807) is 22.7 Å². The van der Waals surface area contributed by atoms with Gasteiger partial charge in [0.15, 0.2) is 5.78 Å². The zero-order valence-electron chi connectivity index (χ0n) is 8.88. The van der Waals surface area contributed by atoms with Gasteiger partial charge in [-0.2, -0.15) is 0 Å². The van der Waals surface area contributed by atoms with Crippen LogP contribution in [-0.4, -0.2) is 5.78 Å². The van der Waals surface area contributed by atoms with Crippen LogP contribution in [0.5, 0.6) is 0 Å². The predicted octanol–water partition coefficient (Wildman–Crippen LogP) is 3.70. The Morgan fingerprint density at radius 1 is 1.12 bits per heavy atom. The van der Waals surface area contributed by atoms with Gasteiger partial charge in [-0.1, -0.05) is 5.92 Å². The van der Waals surface area contributed by atoms with Crippen molar-refractivity contribution < 1.29 is 4.79 Å². The first-order chi connectivity index (χ1) is 7.70. The second-order valence-corrected chi connectivity index (χ2v) is 5.97. The van der Waals surface area contributed by atoms with Gasteiger partial charge in [0.25, 0.3) is 0 Å². The molecule has 1 nitrogen and oxygen atoms in total. The third kappa shape index (κ3) is 1.21. The van der Waals surface area contributed by atoms with E-state index in [2.05, 4.69) is 11.8 Å². The van der Waals surface area contributed by atoms with Crippen molar-refractivity contribution in [2.75, 3.05) is 0 Å². The second-order valence-electron chi connectivity index (χ2n) is 3.66. The maximum absolute atomic E-state index is 12.1. The van der Waals surface area contributed by atoms with E-state index in [-0.39, 0.29) is 5.78 Å². The molecule has 3 rings (SSSR count). The van der Waals surface area contributed by atoms with Crippen molar-refractivity contribution in [2.24, 2.45) is 0 Å². The molecule has 2 aromatic rings. The molecule has 0 fully saturated rings. The van der Waals surface area contributed by atoms with Crippen LogP contribution in [0.25, 0.3) is 9.75 Å². The molecule has 16 heavy (non-hydrogen) atoms. The van der Waals surface area contributed by atoms with Crippen LogP contribution in [-0.2, 0) is 0 Å². The summed E-state index contributed by atoms with van der Waals surface area (Å²) in [6, 6.07) is 3.90. The Kier molecular flexibility index (Phi) is 2.03. The second kappa shape index (κ2) is 3.31. The first-order valence-corrected chi connectivity index (χ1v) is 6.56. The van der Waals surface area contributed by atoms with E-state index >= 15 is 0 Å². The van der Waals surface area contributed by atoms with Crippen molar-refractivity contribution in [1.29, 1.82) is 0 Å². The highest BCUT2D eigenvalue weighted by molar-refractivity contribution is 7.23. The lowest BCUT2D eigenvalue weighted by atomic mass is 10.2. The molecule has 0 spiro atoms. The summed E-state index contributed by atoms with van der Waals surface area (Å²) in [4.78, 5) is 16.5. The number of hydrogen-bond acceptors (Lipinski definition) is 3. The Morgan fingerprint density at radius 2 is 1.81 bits per heavy atom. The number of fused-ring (bicyclic) bond motifs is 3. The average Bonchev–Trinajstić information content (AvgIpc) is 2.85. The highest BCUT2D eigenvalue weighted by Crippen LogP contribution is 2.46. The standard InChI is InChI=1S/C13H8OS2/c1-3-4-8-6-10-11(14)9-5-7(2)15-12(9)13(10)16-8/h5-6H,1-2H3. The van der Waals surface area contributed by atoms with Crippen molar-refractivity contribution in [1.82, 2.24) is 0 Å². The molecule has 0 unspecified atom stereocenters. The molecule has 1 aliphatic rings. The lowest BCUT2D eigenvalue weighted by molar-refractivity contribution is 0.104. The normalized spacial score (nSPS) is 12.0. The van der Waals surface area contributed by atoms with E-state index in [9.17, 15) is 4.79 Å². The van der Waals surface area contributed by atoms with E-state index in [0.717, 1.165) is 25.8 Å². The minimum absolute atomic E-state index is 0.162. The molecule has 0 amide bonds. The molecule has 2 heterocycles. The Bertz CT molecular complexity index is 662. The van der Waals surface area contributed by atoms with E-state index in [4.69, 9.17) is 0 Å². The Balaban J connectivity index is 2.26. The highest BCUT2D eigenvalue weighted by atomic mass is 32.1. The van der Waals surface area contributed by atoms with Gasteiger partial charge in [-0.15, -0.1) is 28.6 Å². The van der Waals surface area contributed by atoms with E-state index in [1.807, 2.05) is 26.0 Å². The molecule has 0 saturated carbocycles. The monoisotopic (exact) mass is 244 g/mol. The summed E-state index contributed by atoms with van der Waals surface area (Å²) >= 11 is 3.32. The summed E-state index contributed by atoms with van der Waals surface area (Å²) in [5.41, 5.74) is 1.71. The van der Waals surface area contributed by atoms with Gasteiger partial charge in [0.1, 0.15) is 0 Å². The summed E-state index contributed by atoms with van der Waals surface area (Å²) in [5.74, 6) is 6.05. The highest BCUT2D eigenvalue weighted by Gasteiger charge is 2.31. The zero-order chi connectivity index (χ0) is 11.3. The molecule has 0 N–H and O–H groups in total. The third-order valence-electron chi connectivity index (χ3n) is 2.53. The molecule has 0 bridgehead atoms. The maximum atomic E-state index is 12.1. The van der Waals surface area contributed by atoms with Crippen molar-refractivity contribution >= 4 is 28.5 Å². The largest absolute Gasteiger partial charge is 0.288 e. The molecule has 1 aliphatic carbocycles. The fourth-order valence-corrected chi connectivity index (χ4v) is 4.14. The zero-order valence-corrected chi connectivity index (χ0v) is 10.5. The van der Waals surface area contributed by atoms with Gasteiger partial charge in [0.2, 0.25) is 0 Å². The molecule has 0 aromatic carbocycles. The van der Waals surface area contributed by atoms with Gasteiger partial charge in [-0.25, -0.2) is 0 Å². The van der Waals surface area contributed by atoms with Crippen LogP contribution < -0.4 is 0 Å². The number of ketones is 1. The fourth-order valence-electron chi connectivity index (χ4n) is 1.91. The molecular weight excluding hydrogens is 236 g/mol. The smallest absolute Gasteiger partial charge is 0.196 e. The molecular formula is C13H8OS2. The third-order valence-corrected chi connectivity index (χ3v) is 4.80. The maximum Gasteiger partial charge on any atom is 0.196 e. The van der Waals surface area contributed by atoms with Gasteiger partial charge in [-0.05, 0) is 26.0 Å². The van der Waals surface area contributed by atoms with Gasteiger partial charge in [0, 0.05) is 16.0 Å². The quantitative estimate of drug-likeness (QED) is 0.551. The van der Waals surface area contributed by atoms with Crippen LogP contribution in [0.15, 0.2) is 12.1 Å². The van der Waals surface area contributed by atoms with Crippen molar-refractivity contribution in [2.45, 2.75) is 13.8 Å². The summed E-state index contributed by atoms with van der Waals surface area (Å²) < 4.78 is 0. The number of thiophene rings is 2. The number of aryl methyl sites for hydroxylation is 1. The molecule has 78 valence electrons. The number of hydrogen-bond donors (Lipinski definition) is 0. The predicted molar refractivity (Wildman–Crippen MR) is 68.4 cm³/mol. The van der Waals surface area contributed by atoms with E-state index < -0.39 is 0 Å². The fraction of sp³-hybridized carbons (Fsp3) is 0.154. The summed E-state index contributed by atoms with van der Waals surface area (Å²) in [6.45, 7) is 3.85. The molecule has 0 atom stereocenters. The molecule has 2 aromatic heterocycles. The van der Waals surface area contributed by atoms with Crippen LogP contribution in [0.4, 0.5) is 0 Å². The number of carbonyl (C=O) groups excluding carboxylic acids is 1. The van der Waals surface area contributed by atoms with E-state index in [1.165, 1.54) is 4.88 Å². The summed E-state index contributed by atoms with van der Waals surface area (Å²) in [6.07, 6.45) is 0. The van der Waals surface area contributed by atoms with Crippen LogP contribution in [0.1, 0.15) is 32.6 Å². The number of carbonyl (C=O) groups is 1. The van der Waals surface area contributed by atoms with E-state index in [0.29, 0.717) is 0 Å². The van der Waals surface area contributed by atoms with Gasteiger partial charge in [0.05, 0.1) is 14.6 Å². The van der Waals surface area contributed by atoms with Crippen LogP contribution in [0, 0.1) is 18.8 Å². The lowest BCUT2D eigenvalue weighted by Gasteiger charge is -1.86. The lowest BCUT2D eigenvalue weighted by Crippen LogP contribution is -1.92. The van der Waals surface area contributed by atoms with Gasteiger partial charge >= 0.3 is 0 Å². The summed E-state index contributed by atoms with van der Waals surface area (Å²) in [7, 11) is 0. The van der Waals surface area contributed by atoms with Gasteiger partial charge in [-0.3, -0.25) is 4.79 Å². The topological polar surface area (TPSA) is 17.1 Å². The molecule has 0 radical (unpaired) electrons. The van der Waals surface area contributed by atoms with Crippen molar-refractivity contribution in [3.63, 3.8) is 0 Å². The van der Waals surface area contributed by atoms with Crippen LogP contribution >= 0.6 is 22.7 Å².